The Hall–Kier alpha value is -0.200. The van der Waals surface area contributed by atoms with E-state index in [1.54, 1.807) is 0 Å². The maximum Gasteiger partial charge on any atom is 0.163 e. The van der Waals surface area contributed by atoms with E-state index in [1.165, 1.54) is 0 Å². The molecule has 18 heavy (non-hydrogen) atoms. The van der Waals surface area contributed by atoms with Gasteiger partial charge in [-0.2, -0.15) is 0 Å². The van der Waals surface area contributed by atoms with Crippen LogP contribution in [0.2, 0.25) is 0 Å². The van der Waals surface area contributed by atoms with Gasteiger partial charge in [-0.25, -0.2) is 0 Å². The standard InChI is InChI=1S/C13H26O5/c1-4-5-14-6-7-15-8-9-16-10-12-11-17-13(2,3)18-12/h12H,4-11H2,1-3H3/t12-/m0/s1. The van der Waals surface area contributed by atoms with Gasteiger partial charge >= 0.3 is 0 Å². The van der Waals surface area contributed by atoms with Crippen molar-refractivity contribution >= 4 is 0 Å². The molecule has 0 radical (unpaired) electrons. The highest BCUT2D eigenvalue weighted by Crippen LogP contribution is 2.22. The molecule has 1 aliphatic rings. The molecule has 0 bridgehead atoms. The molecular weight excluding hydrogens is 236 g/mol. The summed E-state index contributed by atoms with van der Waals surface area (Å²) >= 11 is 0. The highest BCUT2D eigenvalue weighted by Gasteiger charge is 2.32. The van der Waals surface area contributed by atoms with Crippen LogP contribution in [-0.2, 0) is 23.7 Å². The van der Waals surface area contributed by atoms with Crippen LogP contribution in [0.5, 0.6) is 0 Å². The quantitative estimate of drug-likeness (QED) is 0.560. The third kappa shape index (κ3) is 7.28. The van der Waals surface area contributed by atoms with Crippen LogP contribution in [0, 0.1) is 0 Å². The number of hydrogen-bond acceptors (Lipinski definition) is 5. The Balaban J connectivity index is 1.82. The first-order valence-corrected chi connectivity index (χ1v) is 6.69. The van der Waals surface area contributed by atoms with E-state index in [2.05, 4.69) is 6.92 Å². The Morgan fingerprint density at radius 3 is 2.17 bits per heavy atom. The number of rotatable bonds is 10. The van der Waals surface area contributed by atoms with Gasteiger partial charge in [-0.15, -0.1) is 0 Å². The minimum atomic E-state index is -0.471. The number of ether oxygens (including phenoxy) is 5. The highest BCUT2D eigenvalue weighted by atomic mass is 16.7. The summed E-state index contributed by atoms with van der Waals surface area (Å²) in [6.07, 6.45) is 1.08. The van der Waals surface area contributed by atoms with Crippen molar-refractivity contribution in [3.8, 4) is 0 Å². The first-order valence-electron chi connectivity index (χ1n) is 6.69. The molecule has 0 amide bonds. The summed E-state index contributed by atoms with van der Waals surface area (Å²) in [4.78, 5) is 0. The van der Waals surface area contributed by atoms with Crippen LogP contribution < -0.4 is 0 Å². The molecule has 0 aromatic carbocycles. The Labute approximate surface area is 110 Å². The fraction of sp³-hybridized carbons (Fsp3) is 1.00. The van der Waals surface area contributed by atoms with Crippen LogP contribution in [-0.4, -0.2) is 58.1 Å². The van der Waals surface area contributed by atoms with Gasteiger partial charge in [0.2, 0.25) is 0 Å². The minimum absolute atomic E-state index is 0.0351. The Kier molecular flexibility index (Phi) is 7.77. The van der Waals surface area contributed by atoms with Crippen molar-refractivity contribution < 1.29 is 23.7 Å². The van der Waals surface area contributed by atoms with Crippen LogP contribution >= 0.6 is 0 Å². The molecule has 1 atom stereocenters. The zero-order valence-electron chi connectivity index (χ0n) is 11.8. The van der Waals surface area contributed by atoms with Crippen molar-refractivity contribution in [3.63, 3.8) is 0 Å². The van der Waals surface area contributed by atoms with E-state index in [4.69, 9.17) is 23.7 Å². The zero-order chi connectivity index (χ0) is 13.3. The van der Waals surface area contributed by atoms with Gasteiger partial charge < -0.3 is 23.7 Å². The predicted molar refractivity (Wildman–Crippen MR) is 67.7 cm³/mol. The monoisotopic (exact) mass is 262 g/mol. The molecule has 0 aromatic heterocycles. The Bertz CT molecular complexity index is 208. The third-order valence-corrected chi connectivity index (χ3v) is 2.46. The molecule has 1 heterocycles. The van der Waals surface area contributed by atoms with E-state index < -0.39 is 5.79 Å². The minimum Gasteiger partial charge on any atom is -0.379 e. The molecular formula is C13H26O5. The lowest BCUT2D eigenvalue weighted by Gasteiger charge is -2.17. The third-order valence-electron chi connectivity index (χ3n) is 2.46. The maximum atomic E-state index is 5.61. The molecule has 0 aliphatic carbocycles. The second-order valence-corrected chi connectivity index (χ2v) is 4.75. The summed E-state index contributed by atoms with van der Waals surface area (Å²) in [5, 5.41) is 0. The summed E-state index contributed by atoms with van der Waals surface area (Å²) < 4.78 is 27.2. The highest BCUT2D eigenvalue weighted by molar-refractivity contribution is 4.70. The van der Waals surface area contributed by atoms with Gasteiger partial charge in [-0.1, -0.05) is 6.92 Å². The molecule has 1 fully saturated rings. The second-order valence-electron chi connectivity index (χ2n) is 4.75. The molecule has 1 aliphatic heterocycles. The second kappa shape index (κ2) is 8.82. The Morgan fingerprint density at radius 2 is 1.61 bits per heavy atom. The van der Waals surface area contributed by atoms with Gasteiger partial charge in [0, 0.05) is 6.61 Å². The first kappa shape index (κ1) is 15.9. The molecule has 0 spiro atoms. The fourth-order valence-corrected chi connectivity index (χ4v) is 1.64. The van der Waals surface area contributed by atoms with Gasteiger partial charge in [0.05, 0.1) is 39.6 Å². The lowest BCUT2D eigenvalue weighted by Crippen LogP contribution is -2.24. The molecule has 5 heteroatoms. The zero-order valence-corrected chi connectivity index (χ0v) is 11.8. The van der Waals surface area contributed by atoms with Crippen LogP contribution in [0.15, 0.2) is 0 Å². The van der Waals surface area contributed by atoms with Gasteiger partial charge in [0.25, 0.3) is 0 Å². The molecule has 0 N–H and O–H groups in total. The fourth-order valence-electron chi connectivity index (χ4n) is 1.64. The van der Waals surface area contributed by atoms with E-state index in [0.717, 1.165) is 13.0 Å². The summed E-state index contributed by atoms with van der Waals surface area (Å²) in [5.74, 6) is -0.471. The van der Waals surface area contributed by atoms with Crippen molar-refractivity contribution in [2.24, 2.45) is 0 Å². The van der Waals surface area contributed by atoms with E-state index in [-0.39, 0.29) is 6.10 Å². The van der Waals surface area contributed by atoms with Crippen molar-refractivity contribution in [3.05, 3.63) is 0 Å². The van der Waals surface area contributed by atoms with E-state index >= 15 is 0 Å². The summed E-state index contributed by atoms with van der Waals surface area (Å²) in [6, 6.07) is 0. The number of hydrogen-bond donors (Lipinski definition) is 0. The lowest BCUT2D eigenvalue weighted by molar-refractivity contribution is -0.145. The average molecular weight is 262 g/mol. The normalized spacial score (nSPS) is 22.5. The van der Waals surface area contributed by atoms with Crippen molar-refractivity contribution in [1.82, 2.24) is 0 Å². The lowest BCUT2D eigenvalue weighted by atomic mass is 10.4. The Morgan fingerprint density at radius 1 is 1.00 bits per heavy atom. The molecule has 0 saturated carbocycles. The van der Waals surface area contributed by atoms with Crippen molar-refractivity contribution in [2.45, 2.75) is 39.1 Å². The maximum absolute atomic E-state index is 5.61. The average Bonchev–Trinajstić information content (AvgIpc) is 2.67. The van der Waals surface area contributed by atoms with Gasteiger partial charge in [0.15, 0.2) is 5.79 Å². The van der Waals surface area contributed by atoms with E-state index in [9.17, 15) is 0 Å². The van der Waals surface area contributed by atoms with Crippen LogP contribution in [0.3, 0.4) is 0 Å². The SMILES string of the molecule is CCCOCCOCCOC[C@H]1COC(C)(C)O1. The van der Waals surface area contributed by atoms with Gasteiger partial charge in [0.1, 0.15) is 6.10 Å². The summed E-state index contributed by atoms with van der Waals surface area (Å²) in [7, 11) is 0. The smallest absolute Gasteiger partial charge is 0.163 e. The summed E-state index contributed by atoms with van der Waals surface area (Å²) in [6.45, 7) is 10.3. The molecule has 108 valence electrons. The topological polar surface area (TPSA) is 46.2 Å². The largest absolute Gasteiger partial charge is 0.379 e. The van der Waals surface area contributed by atoms with Gasteiger partial charge in [-0.05, 0) is 20.3 Å². The molecule has 1 rings (SSSR count). The van der Waals surface area contributed by atoms with Crippen LogP contribution in [0.4, 0.5) is 0 Å². The van der Waals surface area contributed by atoms with E-state index in [0.29, 0.717) is 39.6 Å². The van der Waals surface area contributed by atoms with Crippen LogP contribution in [0.25, 0.3) is 0 Å². The molecule has 5 nitrogen and oxygen atoms in total. The predicted octanol–water partition coefficient (Wildman–Crippen LogP) is 1.60. The van der Waals surface area contributed by atoms with Crippen molar-refractivity contribution in [1.29, 1.82) is 0 Å². The molecule has 0 unspecified atom stereocenters. The summed E-state index contributed by atoms with van der Waals surface area (Å²) in [5.41, 5.74) is 0. The molecule has 1 saturated heterocycles. The van der Waals surface area contributed by atoms with E-state index in [1.807, 2.05) is 13.8 Å². The van der Waals surface area contributed by atoms with Crippen LogP contribution in [0.1, 0.15) is 27.2 Å². The van der Waals surface area contributed by atoms with Crippen molar-refractivity contribution in [2.75, 3.05) is 46.2 Å². The first-order chi connectivity index (χ1) is 8.64. The molecule has 0 aromatic rings. The van der Waals surface area contributed by atoms with Gasteiger partial charge in [-0.3, -0.25) is 0 Å².